The predicted octanol–water partition coefficient (Wildman–Crippen LogP) is 2.96. The van der Waals surface area contributed by atoms with E-state index in [0.717, 1.165) is 16.5 Å². The first-order chi connectivity index (χ1) is 9.51. The zero-order valence-corrected chi connectivity index (χ0v) is 14.2. The third kappa shape index (κ3) is 4.96. The van der Waals surface area contributed by atoms with Gasteiger partial charge in [0.25, 0.3) is 0 Å². The summed E-state index contributed by atoms with van der Waals surface area (Å²) in [5.41, 5.74) is 1.08. The first-order valence-corrected chi connectivity index (χ1v) is 7.55. The molecule has 20 heavy (non-hydrogen) atoms. The van der Waals surface area contributed by atoms with Crippen molar-refractivity contribution in [1.82, 2.24) is 5.32 Å². The quantitative estimate of drug-likeness (QED) is 0.760. The summed E-state index contributed by atoms with van der Waals surface area (Å²) in [6.45, 7) is 5.12. The van der Waals surface area contributed by atoms with E-state index in [1.54, 1.807) is 14.2 Å². The van der Waals surface area contributed by atoms with Crippen LogP contribution in [0.3, 0.4) is 0 Å². The highest BCUT2D eigenvalue weighted by atomic mass is 79.9. The second-order valence-electron chi connectivity index (χ2n) is 5.20. The molecule has 1 atom stereocenters. The van der Waals surface area contributed by atoms with E-state index in [-0.39, 0.29) is 12.6 Å². The Bertz CT molecular complexity index is 424. The van der Waals surface area contributed by atoms with Gasteiger partial charge in [-0.25, -0.2) is 0 Å². The minimum Gasteiger partial charge on any atom is -0.493 e. The van der Waals surface area contributed by atoms with Crippen LogP contribution < -0.4 is 14.8 Å². The highest BCUT2D eigenvalue weighted by molar-refractivity contribution is 9.10. The lowest BCUT2D eigenvalue weighted by Gasteiger charge is -2.19. The van der Waals surface area contributed by atoms with Gasteiger partial charge in [-0.05, 0) is 46.0 Å². The lowest BCUT2D eigenvalue weighted by molar-refractivity contribution is 0.223. The van der Waals surface area contributed by atoms with Gasteiger partial charge in [0.15, 0.2) is 11.5 Å². The Kier molecular flexibility index (Phi) is 7.34. The number of benzene rings is 1. The Hall–Kier alpha value is -0.780. The van der Waals surface area contributed by atoms with Crippen LogP contribution in [0.5, 0.6) is 11.5 Å². The van der Waals surface area contributed by atoms with Crippen molar-refractivity contribution in [2.75, 3.05) is 20.8 Å². The van der Waals surface area contributed by atoms with Crippen LogP contribution in [-0.2, 0) is 6.54 Å². The van der Waals surface area contributed by atoms with E-state index in [0.29, 0.717) is 24.0 Å². The van der Waals surface area contributed by atoms with E-state index >= 15 is 0 Å². The number of ether oxygens (including phenoxy) is 2. The van der Waals surface area contributed by atoms with E-state index in [9.17, 15) is 5.11 Å². The van der Waals surface area contributed by atoms with Crippen molar-refractivity contribution in [3.8, 4) is 11.5 Å². The van der Waals surface area contributed by atoms with Gasteiger partial charge in [-0.2, -0.15) is 0 Å². The Morgan fingerprint density at radius 2 is 1.95 bits per heavy atom. The molecule has 1 aromatic carbocycles. The molecule has 1 rings (SSSR count). The summed E-state index contributed by atoms with van der Waals surface area (Å²) in [4.78, 5) is 0. The molecule has 4 nitrogen and oxygen atoms in total. The Balaban J connectivity index is 2.75. The molecule has 0 saturated carbocycles. The number of rotatable bonds is 8. The average Bonchev–Trinajstić information content (AvgIpc) is 2.42. The topological polar surface area (TPSA) is 50.7 Å². The van der Waals surface area contributed by atoms with Gasteiger partial charge in [0.2, 0.25) is 0 Å². The maximum absolute atomic E-state index is 9.37. The number of hydrogen-bond donors (Lipinski definition) is 2. The Morgan fingerprint density at radius 3 is 2.45 bits per heavy atom. The molecule has 114 valence electrons. The number of methoxy groups -OCH3 is 2. The van der Waals surface area contributed by atoms with Crippen LogP contribution in [0, 0.1) is 5.92 Å². The minimum absolute atomic E-state index is 0.113. The van der Waals surface area contributed by atoms with E-state index in [2.05, 4.69) is 35.1 Å². The number of nitrogens with one attached hydrogen (secondary N) is 1. The monoisotopic (exact) mass is 345 g/mol. The summed E-state index contributed by atoms with van der Waals surface area (Å²) in [7, 11) is 3.24. The number of hydrogen-bond acceptors (Lipinski definition) is 4. The van der Waals surface area contributed by atoms with Crippen molar-refractivity contribution in [3.05, 3.63) is 22.2 Å². The van der Waals surface area contributed by atoms with Gasteiger partial charge in [0, 0.05) is 12.6 Å². The van der Waals surface area contributed by atoms with Gasteiger partial charge in [-0.1, -0.05) is 13.8 Å². The van der Waals surface area contributed by atoms with E-state index in [1.165, 1.54) is 0 Å². The van der Waals surface area contributed by atoms with Crippen LogP contribution in [0.25, 0.3) is 0 Å². The van der Waals surface area contributed by atoms with Crippen LogP contribution in [0.15, 0.2) is 16.6 Å². The molecule has 0 bridgehead atoms. The maximum atomic E-state index is 9.37. The number of aliphatic hydroxyl groups excluding tert-OH is 1. The van der Waals surface area contributed by atoms with Crippen molar-refractivity contribution in [3.63, 3.8) is 0 Å². The molecule has 2 N–H and O–H groups in total. The lowest BCUT2D eigenvalue weighted by Crippen LogP contribution is -2.33. The average molecular weight is 346 g/mol. The smallest absolute Gasteiger partial charge is 0.174 e. The van der Waals surface area contributed by atoms with Gasteiger partial charge < -0.3 is 19.9 Å². The summed E-state index contributed by atoms with van der Waals surface area (Å²) in [6.07, 6.45) is 0.949. The highest BCUT2D eigenvalue weighted by Gasteiger charge is 2.13. The molecule has 0 aliphatic carbocycles. The minimum atomic E-state index is 0.113. The fourth-order valence-corrected chi connectivity index (χ4v) is 2.78. The Morgan fingerprint density at radius 1 is 1.25 bits per heavy atom. The van der Waals surface area contributed by atoms with Crippen LogP contribution in [0.1, 0.15) is 25.8 Å². The first kappa shape index (κ1) is 17.3. The summed E-state index contributed by atoms with van der Waals surface area (Å²) >= 11 is 3.48. The second kappa shape index (κ2) is 8.49. The fraction of sp³-hybridized carbons (Fsp3) is 0.600. The molecule has 1 unspecified atom stereocenters. The van der Waals surface area contributed by atoms with Crippen LogP contribution in [0.4, 0.5) is 0 Å². The Labute approximate surface area is 129 Å². The molecule has 0 aliphatic rings. The first-order valence-electron chi connectivity index (χ1n) is 6.76. The fourth-order valence-electron chi connectivity index (χ4n) is 2.13. The normalized spacial score (nSPS) is 12.6. The van der Waals surface area contributed by atoms with Gasteiger partial charge in [-0.15, -0.1) is 0 Å². The van der Waals surface area contributed by atoms with Crippen LogP contribution >= 0.6 is 15.9 Å². The van der Waals surface area contributed by atoms with Gasteiger partial charge in [0.1, 0.15) is 0 Å². The third-order valence-electron chi connectivity index (χ3n) is 3.06. The molecule has 1 aromatic rings. The van der Waals surface area contributed by atoms with Gasteiger partial charge in [0.05, 0.1) is 25.3 Å². The summed E-state index contributed by atoms with van der Waals surface area (Å²) in [5.74, 6) is 1.94. The van der Waals surface area contributed by atoms with Crippen molar-refractivity contribution >= 4 is 15.9 Å². The molecule has 0 amide bonds. The maximum Gasteiger partial charge on any atom is 0.174 e. The molecule has 0 aromatic heterocycles. The van der Waals surface area contributed by atoms with E-state index in [4.69, 9.17) is 9.47 Å². The van der Waals surface area contributed by atoms with E-state index in [1.807, 2.05) is 12.1 Å². The zero-order chi connectivity index (χ0) is 15.1. The molecule has 0 spiro atoms. The summed E-state index contributed by atoms with van der Waals surface area (Å²) in [5, 5.41) is 12.7. The van der Waals surface area contributed by atoms with E-state index < -0.39 is 0 Å². The van der Waals surface area contributed by atoms with Crippen molar-refractivity contribution in [1.29, 1.82) is 0 Å². The second-order valence-corrected chi connectivity index (χ2v) is 6.06. The van der Waals surface area contributed by atoms with Crippen LogP contribution in [-0.4, -0.2) is 32.0 Å². The molecule has 0 heterocycles. The SMILES string of the molecule is COc1cc(CNC(CO)CC(C)C)cc(Br)c1OC. The highest BCUT2D eigenvalue weighted by Crippen LogP contribution is 2.36. The lowest BCUT2D eigenvalue weighted by atomic mass is 10.0. The summed E-state index contributed by atoms with van der Waals surface area (Å²) in [6, 6.07) is 4.06. The van der Waals surface area contributed by atoms with Crippen molar-refractivity contribution < 1.29 is 14.6 Å². The molecule has 5 heteroatoms. The molecule has 0 aliphatic heterocycles. The van der Waals surface area contributed by atoms with Gasteiger partial charge in [-0.3, -0.25) is 0 Å². The molecular weight excluding hydrogens is 322 g/mol. The molecule has 0 saturated heterocycles. The molecule has 0 fully saturated rings. The van der Waals surface area contributed by atoms with Crippen LogP contribution in [0.2, 0.25) is 0 Å². The summed E-state index contributed by atoms with van der Waals surface area (Å²) < 4.78 is 11.5. The standard InChI is InChI=1S/C15H24BrNO3/c1-10(2)5-12(9-18)17-8-11-6-13(16)15(20-4)14(7-11)19-3/h6-7,10,12,17-18H,5,8-9H2,1-4H3. The van der Waals surface area contributed by atoms with Crippen molar-refractivity contribution in [2.24, 2.45) is 5.92 Å². The number of aliphatic hydroxyl groups is 1. The largest absolute Gasteiger partial charge is 0.493 e. The molecule has 0 radical (unpaired) electrons. The number of halogens is 1. The third-order valence-corrected chi connectivity index (χ3v) is 3.65. The predicted molar refractivity (Wildman–Crippen MR) is 84.4 cm³/mol. The zero-order valence-electron chi connectivity index (χ0n) is 12.6. The molecular formula is C15H24BrNO3. The van der Waals surface area contributed by atoms with Gasteiger partial charge >= 0.3 is 0 Å². The van der Waals surface area contributed by atoms with Crippen molar-refractivity contribution in [2.45, 2.75) is 32.9 Å².